The number of pyridine rings is 1. The summed E-state index contributed by atoms with van der Waals surface area (Å²) in [6, 6.07) is 5.00. The first-order valence-corrected chi connectivity index (χ1v) is 8.80. The lowest BCUT2D eigenvalue weighted by Crippen LogP contribution is -2.36. The number of nitrogens with zero attached hydrogens (tertiary/aromatic N) is 3. The molecule has 1 fully saturated rings. The lowest BCUT2D eigenvalue weighted by Gasteiger charge is -2.27. The Hall–Kier alpha value is -3.54. The smallest absolute Gasteiger partial charge is 0.387 e. The van der Waals surface area contributed by atoms with Gasteiger partial charge in [0.05, 0.1) is 43.2 Å². The fraction of sp³-hybridized carbons (Fsp3) is 0.333. The molecule has 1 N–H and O–H groups in total. The maximum atomic E-state index is 12.6. The number of nitro benzene ring substituents is 1. The maximum absolute atomic E-state index is 12.6. The van der Waals surface area contributed by atoms with E-state index >= 15 is 0 Å². The molecule has 0 spiro atoms. The highest BCUT2D eigenvalue weighted by atomic mass is 19.3. The van der Waals surface area contributed by atoms with E-state index in [-0.39, 0.29) is 11.3 Å². The van der Waals surface area contributed by atoms with Crippen LogP contribution in [0.15, 0.2) is 30.5 Å². The van der Waals surface area contributed by atoms with Gasteiger partial charge >= 0.3 is 6.61 Å². The number of anilines is 2. The fourth-order valence-electron chi connectivity index (χ4n) is 2.87. The predicted molar refractivity (Wildman–Crippen MR) is 102 cm³/mol. The highest BCUT2D eigenvalue weighted by Gasteiger charge is 2.26. The molecule has 1 aromatic carbocycles. The molecule has 2 aromatic rings. The lowest BCUT2D eigenvalue weighted by atomic mass is 10.1. The third kappa shape index (κ3) is 4.89. The largest absolute Gasteiger partial charge is 0.493 e. The van der Waals surface area contributed by atoms with Crippen LogP contribution in [0.5, 0.6) is 11.5 Å². The van der Waals surface area contributed by atoms with Gasteiger partial charge in [0.25, 0.3) is 11.6 Å². The second kappa shape index (κ2) is 9.31. The molecule has 160 valence electrons. The highest BCUT2D eigenvalue weighted by Crippen LogP contribution is 2.36. The molecule has 0 aliphatic carbocycles. The Morgan fingerprint density at radius 2 is 2.03 bits per heavy atom. The van der Waals surface area contributed by atoms with Gasteiger partial charge in [0.15, 0.2) is 11.5 Å². The van der Waals surface area contributed by atoms with Crippen molar-refractivity contribution in [3.8, 4) is 11.5 Å². The van der Waals surface area contributed by atoms with Gasteiger partial charge < -0.3 is 24.4 Å². The van der Waals surface area contributed by atoms with Crippen LogP contribution in [0.4, 0.5) is 26.0 Å². The van der Waals surface area contributed by atoms with E-state index in [9.17, 15) is 23.7 Å². The number of morpholine rings is 1. The summed E-state index contributed by atoms with van der Waals surface area (Å²) in [5.41, 5.74) is -0.782. The summed E-state index contributed by atoms with van der Waals surface area (Å²) in [7, 11) is 1.16. The Labute approximate surface area is 169 Å². The minimum atomic E-state index is -3.21. The minimum Gasteiger partial charge on any atom is -0.493 e. The number of hydrogen-bond donors (Lipinski definition) is 1. The van der Waals surface area contributed by atoms with Crippen LogP contribution in [-0.4, -0.2) is 55.8 Å². The van der Waals surface area contributed by atoms with Crippen molar-refractivity contribution in [3.63, 3.8) is 0 Å². The van der Waals surface area contributed by atoms with E-state index in [1.807, 2.05) is 4.90 Å². The van der Waals surface area contributed by atoms with E-state index < -0.39 is 28.9 Å². The van der Waals surface area contributed by atoms with Crippen molar-refractivity contribution in [2.75, 3.05) is 43.6 Å². The van der Waals surface area contributed by atoms with Gasteiger partial charge in [-0.1, -0.05) is 0 Å². The number of carbonyl (C=O) groups excluding carboxylic acids is 1. The Morgan fingerprint density at radius 1 is 1.30 bits per heavy atom. The normalized spacial score (nSPS) is 13.8. The average Bonchev–Trinajstić information content (AvgIpc) is 2.74. The molecule has 10 nitrogen and oxygen atoms in total. The lowest BCUT2D eigenvalue weighted by molar-refractivity contribution is -0.385. The molecule has 0 atom stereocenters. The number of ether oxygens (including phenoxy) is 3. The molecule has 1 saturated heterocycles. The van der Waals surface area contributed by atoms with Gasteiger partial charge in [0, 0.05) is 19.2 Å². The van der Waals surface area contributed by atoms with Gasteiger partial charge in [-0.05, 0) is 12.1 Å². The third-order valence-electron chi connectivity index (χ3n) is 4.28. The molecule has 1 amide bonds. The van der Waals surface area contributed by atoms with Crippen molar-refractivity contribution >= 4 is 23.1 Å². The number of hydrogen-bond acceptors (Lipinski definition) is 8. The molecular formula is C18H18F2N4O6. The van der Waals surface area contributed by atoms with E-state index in [1.54, 1.807) is 12.1 Å². The third-order valence-corrected chi connectivity index (χ3v) is 4.28. The number of carbonyl (C=O) groups is 1. The van der Waals surface area contributed by atoms with Gasteiger partial charge in [0.1, 0.15) is 11.4 Å². The molecule has 3 rings (SSSR count). The molecule has 1 aliphatic heterocycles. The predicted octanol–water partition coefficient (Wildman–Crippen LogP) is 2.69. The summed E-state index contributed by atoms with van der Waals surface area (Å²) in [6.45, 7) is -0.641. The van der Waals surface area contributed by atoms with Gasteiger partial charge in [-0.3, -0.25) is 14.9 Å². The van der Waals surface area contributed by atoms with Crippen LogP contribution in [0.25, 0.3) is 0 Å². The minimum absolute atomic E-state index is 0.244. The van der Waals surface area contributed by atoms with Crippen LogP contribution in [0, 0.1) is 10.1 Å². The number of halogens is 2. The second-order valence-corrected chi connectivity index (χ2v) is 6.11. The summed E-state index contributed by atoms with van der Waals surface area (Å²) < 4.78 is 39.5. The Bertz CT molecular complexity index is 920. The summed E-state index contributed by atoms with van der Waals surface area (Å²) >= 11 is 0. The van der Waals surface area contributed by atoms with E-state index in [0.717, 1.165) is 19.2 Å². The second-order valence-electron chi connectivity index (χ2n) is 6.11. The fourth-order valence-corrected chi connectivity index (χ4v) is 2.87. The summed E-state index contributed by atoms with van der Waals surface area (Å²) in [5.74, 6) is -0.916. The van der Waals surface area contributed by atoms with Crippen molar-refractivity contribution in [1.82, 2.24) is 4.98 Å². The first kappa shape index (κ1) is 21.2. The first-order chi connectivity index (χ1) is 14.4. The monoisotopic (exact) mass is 424 g/mol. The zero-order chi connectivity index (χ0) is 21.7. The summed E-state index contributed by atoms with van der Waals surface area (Å²) in [6.07, 6.45) is 1.42. The standard InChI is InChI=1S/C18H18F2N4O6/c1-28-14-8-12(13(24(26)27)9-15(14)30-18(19)20)17(25)22-11-2-3-16(21-10-11)23-4-6-29-7-5-23/h2-3,8-10,18H,4-7H2,1H3,(H,22,25). The topological polar surface area (TPSA) is 116 Å². The highest BCUT2D eigenvalue weighted by molar-refractivity contribution is 6.07. The first-order valence-electron chi connectivity index (χ1n) is 8.80. The molecule has 0 radical (unpaired) electrons. The Balaban J connectivity index is 1.82. The van der Waals surface area contributed by atoms with Crippen LogP contribution in [0.2, 0.25) is 0 Å². The molecule has 0 unspecified atom stereocenters. The van der Waals surface area contributed by atoms with E-state index in [2.05, 4.69) is 15.0 Å². The van der Waals surface area contributed by atoms with Crippen LogP contribution in [0.3, 0.4) is 0 Å². The van der Waals surface area contributed by atoms with E-state index in [0.29, 0.717) is 37.8 Å². The summed E-state index contributed by atoms with van der Waals surface area (Å²) in [5, 5.41) is 13.9. The number of rotatable bonds is 7. The van der Waals surface area contributed by atoms with Crippen LogP contribution in [0.1, 0.15) is 10.4 Å². The summed E-state index contributed by atoms with van der Waals surface area (Å²) in [4.78, 5) is 29.4. The van der Waals surface area contributed by atoms with Crippen LogP contribution in [-0.2, 0) is 4.74 Å². The molecule has 1 aromatic heterocycles. The molecule has 30 heavy (non-hydrogen) atoms. The van der Waals surface area contributed by atoms with Crippen molar-refractivity contribution < 1.29 is 32.7 Å². The van der Waals surface area contributed by atoms with Crippen molar-refractivity contribution in [2.45, 2.75) is 6.61 Å². The van der Waals surface area contributed by atoms with Crippen molar-refractivity contribution in [1.29, 1.82) is 0 Å². The van der Waals surface area contributed by atoms with Gasteiger partial charge in [-0.15, -0.1) is 0 Å². The van der Waals surface area contributed by atoms with Gasteiger partial charge in [0.2, 0.25) is 0 Å². The zero-order valence-electron chi connectivity index (χ0n) is 15.8. The van der Waals surface area contributed by atoms with E-state index in [1.165, 1.54) is 6.20 Å². The molecule has 0 bridgehead atoms. The van der Waals surface area contributed by atoms with Crippen LogP contribution < -0.4 is 19.7 Å². The molecular weight excluding hydrogens is 406 g/mol. The number of methoxy groups -OCH3 is 1. The molecule has 1 aliphatic rings. The van der Waals surface area contributed by atoms with Gasteiger partial charge in [-0.25, -0.2) is 4.98 Å². The molecule has 12 heteroatoms. The van der Waals surface area contributed by atoms with Crippen molar-refractivity contribution in [3.05, 3.63) is 46.1 Å². The number of benzene rings is 1. The van der Waals surface area contributed by atoms with E-state index in [4.69, 9.17) is 9.47 Å². The number of alkyl halides is 2. The zero-order valence-corrected chi connectivity index (χ0v) is 15.8. The molecule has 2 heterocycles. The van der Waals surface area contributed by atoms with Crippen LogP contribution >= 0.6 is 0 Å². The Kier molecular flexibility index (Phi) is 6.57. The SMILES string of the molecule is COc1cc(C(=O)Nc2ccc(N3CCOCC3)nc2)c([N+](=O)[O-])cc1OC(F)F. The average molecular weight is 424 g/mol. The van der Waals surface area contributed by atoms with Crippen molar-refractivity contribution in [2.24, 2.45) is 0 Å². The van der Waals surface area contributed by atoms with Gasteiger partial charge in [-0.2, -0.15) is 8.78 Å². The number of nitro groups is 1. The Morgan fingerprint density at radius 3 is 2.60 bits per heavy atom. The molecule has 0 saturated carbocycles. The number of aromatic nitrogens is 1. The quantitative estimate of drug-likeness (QED) is 0.533. The maximum Gasteiger partial charge on any atom is 0.387 e. The number of amides is 1. The number of nitrogens with one attached hydrogen (secondary N) is 1.